The van der Waals surface area contributed by atoms with E-state index in [0.717, 1.165) is 16.9 Å². The van der Waals surface area contributed by atoms with Gasteiger partial charge in [-0.3, -0.25) is 28.4 Å². The quantitative estimate of drug-likeness (QED) is 0.120. The highest BCUT2D eigenvalue weighted by Gasteiger charge is 2.56. The van der Waals surface area contributed by atoms with Gasteiger partial charge in [-0.25, -0.2) is 29.1 Å². The summed E-state index contributed by atoms with van der Waals surface area (Å²) in [5, 5.41) is 14.7. The highest BCUT2D eigenvalue weighted by atomic mass is 31.2. The largest absolute Gasteiger partial charge is 0.465 e. The lowest BCUT2D eigenvalue weighted by molar-refractivity contribution is -0.199. The minimum Gasteiger partial charge on any atom is -0.465 e. The first-order valence-electron chi connectivity index (χ1n) is 17.5. The summed E-state index contributed by atoms with van der Waals surface area (Å²) in [7, 11) is -4.36. The van der Waals surface area contributed by atoms with Gasteiger partial charge in [-0.1, -0.05) is 43.2 Å². The zero-order chi connectivity index (χ0) is 37.6. The maximum absolute atomic E-state index is 14.2. The number of likely N-dealkylation sites (tertiary alicyclic amines) is 1. The third-order valence-electron chi connectivity index (χ3n) is 9.06. The van der Waals surface area contributed by atoms with Crippen LogP contribution in [-0.2, 0) is 44.0 Å². The zero-order valence-electron chi connectivity index (χ0n) is 29.5. The van der Waals surface area contributed by atoms with Gasteiger partial charge in [0, 0.05) is 13.1 Å². The molecule has 3 fully saturated rings. The minimum absolute atomic E-state index is 0.0353. The van der Waals surface area contributed by atoms with E-state index in [9.17, 15) is 24.1 Å². The van der Waals surface area contributed by atoms with Crippen molar-refractivity contribution in [2.24, 2.45) is 0 Å². The predicted octanol–water partition coefficient (Wildman–Crippen LogP) is 3.71. The summed E-state index contributed by atoms with van der Waals surface area (Å²) in [5.41, 5.74) is 7.67. The molecule has 0 spiro atoms. The van der Waals surface area contributed by atoms with Crippen molar-refractivity contribution >= 4 is 42.8 Å². The summed E-state index contributed by atoms with van der Waals surface area (Å²) in [5.74, 6) is -1.58. The van der Waals surface area contributed by atoms with Crippen molar-refractivity contribution in [3.63, 3.8) is 0 Å². The van der Waals surface area contributed by atoms with Crippen LogP contribution in [0.1, 0.15) is 64.2 Å². The van der Waals surface area contributed by atoms with E-state index in [1.165, 1.54) is 12.7 Å². The van der Waals surface area contributed by atoms with Crippen LogP contribution >= 0.6 is 7.75 Å². The minimum atomic E-state index is -4.36. The molecule has 5 N–H and O–H groups in total. The first-order valence-corrected chi connectivity index (χ1v) is 19.1. The number of aromatic nitrogens is 4. The number of hydrogen-bond acceptors (Lipinski definition) is 14. The van der Waals surface area contributed by atoms with Gasteiger partial charge in [-0.2, -0.15) is 0 Å². The molecule has 3 aliphatic heterocycles. The summed E-state index contributed by atoms with van der Waals surface area (Å²) < 4.78 is 51.3. The Morgan fingerprint density at radius 1 is 1.06 bits per heavy atom. The van der Waals surface area contributed by atoms with Gasteiger partial charge in [0.25, 0.3) is 5.91 Å². The number of carbonyl (C=O) groups is 3. The van der Waals surface area contributed by atoms with E-state index in [0.29, 0.717) is 43.4 Å². The normalized spacial score (nSPS) is 24.5. The van der Waals surface area contributed by atoms with Gasteiger partial charge >= 0.3 is 19.9 Å². The maximum Gasteiger partial charge on any atom is 0.435 e. The van der Waals surface area contributed by atoms with Crippen molar-refractivity contribution < 1.29 is 52.1 Å². The lowest BCUT2D eigenvalue weighted by Crippen LogP contribution is -2.45. The molecule has 3 aliphatic rings. The Bertz CT molecular complexity index is 1800. The van der Waals surface area contributed by atoms with E-state index in [1.807, 2.05) is 30.3 Å². The number of imidazole rings is 1. The smallest absolute Gasteiger partial charge is 0.435 e. The molecule has 3 saturated heterocycles. The number of rotatable bonds is 16. The summed E-state index contributed by atoms with van der Waals surface area (Å²) in [4.78, 5) is 50.6. The molecule has 0 aliphatic carbocycles. The Morgan fingerprint density at radius 3 is 2.62 bits per heavy atom. The van der Waals surface area contributed by atoms with E-state index < -0.39 is 62.2 Å². The number of alkyl carbamates (subject to hydrolysis) is 1. The van der Waals surface area contributed by atoms with E-state index in [-0.39, 0.29) is 38.6 Å². The molecule has 20 heteroatoms. The number of carbonyl (C=O) groups excluding carboxylic acids is 2. The SMILES string of the molecule is CC1(C)O[C@@H]2[C@H](O1)[C@@H](COP(=O)(NC(=O)[C@@H]1CCCN1C(=O)O)OCCCCCCNC(=O)OCc1ccccc1)O[C@H]2n1cnc2c(N)ncnc21. The number of nitrogens with two attached hydrogens (primary N) is 1. The number of benzene rings is 1. The number of carboxylic acid groups (broad SMARTS) is 1. The Hall–Kier alpha value is -4.39. The molecule has 1 unspecified atom stereocenters. The third-order valence-corrected chi connectivity index (χ3v) is 10.6. The molecule has 0 saturated carbocycles. The van der Waals surface area contributed by atoms with Crippen LogP contribution in [0.15, 0.2) is 43.0 Å². The van der Waals surface area contributed by atoms with Gasteiger partial charge < -0.3 is 35.1 Å². The number of nitrogens with zero attached hydrogens (tertiary/aromatic N) is 5. The Kier molecular flexibility index (Phi) is 12.1. The van der Waals surface area contributed by atoms with E-state index >= 15 is 0 Å². The number of nitrogens with one attached hydrogen (secondary N) is 2. The number of hydrogen-bond donors (Lipinski definition) is 4. The number of nitrogen functional groups attached to an aromatic ring is 1. The number of fused-ring (bicyclic) bond motifs is 2. The van der Waals surface area contributed by atoms with Crippen molar-refractivity contribution in [2.45, 2.75) is 95.3 Å². The van der Waals surface area contributed by atoms with Crippen LogP contribution in [0.5, 0.6) is 0 Å². The molecule has 53 heavy (non-hydrogen) atoms. The fourth-order valence-corrected chi connectivity index (χ4v) is 7.89. The van der Waals surface area contributed by atoms with Crippen LogP contribution in [-0.4, -0.2) is 104 Å². The fraction of sp³-hybridized carbons (Fsp3) is 0.576. The molecule has 2 aromatic heterocycles. The third kappa shape index (κ3) is 9.41. The average Bonchev–Trinajstić information content (AvgIpc) is 3.91. The Balaban J connectivity index is 1.04. The average molecular weight is 761 g/mol. The van der Waals surface area contributed by atoms with Gasteiger partial charge in [0.15, 0.2) is 23.5 Å². The fourth-order valence-electron chi connectivity index (χ4n) is 6.55. The van der Waals surface area contributed by atoms with Gasteiger partial charge in [0.1, 0.15) is 42.8 Å². The molecule has 1 aromatic carbocycles. The topological polar surface area (TPSA) is 241 Å². The predicted molar refractivity (Wildman–Crippen MR) is 186 cm³/mol. The van der Waals surface area contributed by atoms with E-state index in [4.69, 9.17) is 33.7 Å². The molecule has 3 aromatic rings. The number of ether oxygens (including phenoxy) is 4. The monoisotopic (exact) mass is 760 g/mol. The van der Waals surface area contributed by atoms with Gasteiger partial charge in [-0.05, 0) is 45.1 Å². The van der Waals surface area contributed by atoms with Crippen LogP contribution in [0.4, 0.5) is 15.4 Å². The van der Waals surface area contributed by atoms with E-state index in [2.05, 4.69) is 25.4 Å². The maximum atomic E-state index is 14.2. The van der Waals surface area contributed by atoms with Crippen molar-refractivity contribution in [1.29, 1.82) is 0 Å². The van der Waals surface area contributed by atoms with Crippen molar-refractivity contribution in [2.75, 3.05) is 32.0 Å². The number of amides is 3. The van der Waals surface area contributed by atoms with Crippen LogP contribution in [0.3, 0.4) is 0 Å². The van der Waals surface area contributed by atoms with Crippen molar-refractivity contribution in [1.82, 2.24) is 34.8 Å². The van der Waals surface area contributed by atoms with Gasteiger partial charge in [-0.15, -0.1) is 0 Å². The second kappa shape index (κ2) is 16.7. The molecular formula is C33H45N8O11P. The van der Waals surface area contributed by atoms with Crippen LogP contribution < -0.4 is 16.1 Å². The van der Waals surface area contributed by atoms with Gasteiger partial charge in [0.05, 0.1) is 19.5 Å². The lowest BCUT2D eigenvalue weighted by Gasteiger charge is -2.27. The van der Waals surface area contributed by atoms with Crippen LogP contribution in [0.2, 0.25) is 0 Å². The standard InChI is InChI=1S/C33H45N8O11P/c1-33(2)51-25-23(50-30(26(25)52-33)41-20-38-24-27(34)36-19-37-28(24)41)18-49-53(46,39-29(42)22-13-10-15-40(22)32(44)45)48-16-9-4-3-8-14-35-31(43)47-17-21-11-6-5-7-12-21/h5-7,11-12,19-20,22-23,25-26,30H,3-4,8-10,13-18H2,1-2H3,(H,35,43)(H,44,45)(H2,34,36,37)(H,39,42,46)/t22-,23+,25+,26+,30+,53?/m0/s1. The summed E-state index contributed by atoms with van der Waals surface area (Å²) in [6, 6.07) is 8.32. The van der Waals surface area contributed by atoms with Gasteiger partial charge in [0.2, 0.25) is 0 Å². The Morgan fingerprint density at radius 2 is 1.83 bits per heavy atom. The zero-order valence-corrected chi connectivity index (χ0v) is 30.4. The number of unbranched alkanes of at least 4 members (excludes halogenated alkanes) is 3. The molecule has 19 nitrogen and oxygen atoms in total. The molecule has 0 radical (unpaired) electrons. The molecular weight excluding hydrogens is 715 g/mol. The molecule has 3 amide bonds. The second-order valence-electron chi connectivity index (χ2n) is 13.4. The first kappa shape index (κ1) is 38.3. The highest BCUT2D eigenvalue weighted by molar-refractivity contribution is 7.52. The molecule has 6 rings (SSSR count). The molecule has 6 atom stereocenters. The summed E-state index contributed by atoms with van der Waals surface area (Å²) in [6.07, 6.45) is 1.35. The molecule has 0 bridgehead atoms. The van der Waals surface area contributed by atoms with Crippen molar-refractivity contribution in [3.05, 3.63) is 48.5 Å². The van der Waals surface area contributed by atoms with E-state index in [1.54, 1.807) is 18.4 Å². The molecule has 288 valence electrons. The summed E-state index contributed by atoms with van der Waals surface area (Å²) in [6.45, 7) is 3.90. The van der Waals surface area contributed by atoms with Crippen LogP contribution in [0.25, 0.3) is 11.2 Å². The lowest BCUT2D eigenvalue weighted by atomic mass is 10.1. The van der Waals surface area contributed by atoms with Crippen molar-refractivity contribution in [3.8, 4) is 0 Å². The second-order valence-corrected chi connectivity index (χ2v) is 15.1. The number of anilines is 1. The van der Waals surface area contributed by atoms with Crippen LogP contribution in [0, 0.1) is 0 Å². The highest BCUT2D eigenvalue weighted by Crippen LogP contribution is 2.48. The Labute approximate surface area is 305 Å². The summed E-state index contributed by atoms with van der Waals surface area (Å²) >= 11 is 0. The molecule has 5 heterocycles. The first-order chi connectivity index (χ1) is 25.4.